The van der Waals surface area contributed by atoms with Crippen molar-refractivity contribution in [1.29, 1.82) is 0 Å². The second-order valence-corrected chi connectivity index (χ2v) is 4.96. The van der Waals surface area contributed by atoms with Crippen LogP contribution in [0.2, 0.25) is 0 Å². The highest BCUT2D eigenvalue weighted by molar-refractivity contribution is 7.98. The molecule has 0 unspecified atom stereocenters. The van der Waals surface area contributed by atoms with Gasteiger partial charge in [-0.05, 0) is 24.3 Å². The lowest BCUT2D eigenvalue weighted by Crippen LogP contribution is -2.21. The number of aromatic amines is 1. The third kappa shape index (κ3) is 1.98. The number of H-pyrrole nitrogens is 1. The lowest BCUT2D eigenvalue weighted by Gasteiger charge is -2.13. The van der Waals surface area contributed by atoms with Crippen molar-refractivity contribution in [1.82, 2.24) is 15.0 Å². The van der Waals surface area contributed by atoms with Gasteiger partial charge in [0.1, 0.15) is 5.69 Å². The van der Waals surface area contributed by atoms with Crippen LogP contribution in [0.4, 0.5) is 0 Å². The fourth-order valence-electron chi connectivity index (χ4n) is 1.87. The first-order chi connectivity index (χ1) is 8.34. The summed E-state index contributed by atoms with van der Waals surface area (Å²) in [5.41, 5.74) is 2.43. The quantitative estimate of drug-likeness (QED) is 0.829. The van der Waals surface area contributed by atoms with Crippen molar-refractivity contribution < 1.29 is 0 Å². The number of hydrogen-bond donors (Lipinski definition) is 1. The summed E-state index contributed by atoms with van der Waals surface area (Å²) in [7, 11) is 0. The highest BCUT2D eigenvalue weighted by Gasteiger charge is 2.16. The molecule has 1 N–H and O–H groups in total. The van der Waals surface area contributed by atoms with Crippen LogP contribution in [-0.2, 0) is 12.2 Å². The molecule has 2 aromatic rings. The topological polar surface area (TPSA) is 58.6 Å². The van der Waals surface area contributed by atoms with Gasteiger partial charge in [0.15, 0.2) is 5.82 Å². The summed E-state index contributed by atoms with van der Waals surface area (Å²) in [5, 5.41) is 0. The van der Waals surface area contributed by atoms with E-state index in [0.717, 1.165) is 29.2 Å². The van der Waals surface area contributed by atoms with Crippen molar-refractivity contribution >= 4 is 11.8 Å². The van der Waals surface area contributed by atoms with Crippen LogP contribution < -0.4 is 5.56 Å². The zero-order chi connectivity index (χ0) is 11.7. The molecule has 0 saturated heterocycles. The van der Waals surface area contributed by atoms with Gasteiger partial charge in [-0.2, -0.15) is 11.8 Å². The van der Waals surface area contributed by atoms with Crippen molar-refractivity contribution in [2.75, 3.05) is 5.75 Å². The molecule has 0 atom stereocenters. The Morgan fingerprint density at radius 3 is 3.12 bits per heavy atom. The molecule has 2 aromatic heterocycles. The maximum absolute atomic E-state index is 11.9. The number of nitrogens with zero attached hydrogens (tertiary/aromatic N) is 2. The Labute approximate surface area is 103 Å². The molecule has 0 fully saturated rings. The molecule has 4 nitrogen and oxygen atoms in total. The molecule has 86 valence electrons. The van der Waals surface area contributed by atoms with Gasteiger partial charge < -0.3 is 4.98 Å². The van der Waals surface area contributed by atoms with Crippen molar-refractivity contribution in [3.05, 3.63) is 46.0 Å². The van der Waals surface area contributed by atoms with Gasteiger partial charge in [-0.15, -0.1) is 0 Å². The van der Waals surface area contributed by atoms with Gasteiger partial charge >= 0.3 is 0 Å². The fraction of sp³-hybridized carbons (Fsp3) is 0.250. The predicted molar refractivity (Wildman–Crippen MR) is 68.0 cm³/mol. The molecule has 0 spiro atoms. The van der Waals surface area contributed by atoms with Crippen LogP contribution in [0.1, 0.15) is 11.3 Å². The molecule has 1 aliphatic heterocycles. The van der Waals surface area contributed by atoms with Crippen molar-refractivity contribution in [3.8, 4) is 11.5 Å². The van der Waals surface area contributed by atoms with E-state index in [4.69, 9.17) is 0 Å². The van der Waals surface area contributed by atoms with E-state index in [1.54, 1.807) is 18.0 Å². The highest BCUT2D eigenvalue weighted by atomic mass is 32.2. The molecular weight excluding hydrogens is 234 g/mol. The van der Waals surface area contributed by atoms with Crippen LogP contribution >= 0.6 is 11.8 Å². The molecule has 1 aliphatic rings. The van der Waals surface area contributed by atoms with E-state index in [1.807, 2.05) is 18.2 Å². The molecule has 3 heterocycles. The number of aromatic nitrogens is 3. The number of aryl methyl sites for hydroxylation is 1. The van der Waals surface area contributed by atoms with E-state index in [1.165, 1.54) is 0 Å². The number of hydrogen-bond acceptors (Lipinski definition) is 4. The van der Waals surface area contributed by atoms with Gasteiger partial charge in [0, 0.05) is 17.5 Å². The van der Waals surface area contributed by atoms with Gasteiger partial charge in [0.2, 0.25) is 0 Å². The Balaban J connectivity index is 2.14. The summed E-state index contributed by atoms with van der Waals surface area (Å²) in [6, 6.07) is 5.58. The number of rotatable bonds is 1. The van der Waals surface area contributed by atoms with Crippen LogP contribution in [0.25, 0.3) is 11.5 Å². The van der Waals surface area contributed by atoms with E-state index in [2.05, 4.69) is 15.0 Å². The average molecular weight is 245 g/mol. The Morgan fingerprint density at radius 1 is 1.35 bits per heavy atom. The first-order valence-corrected chi connectivity index (χ1v) is 6.61. The minimum atomic E-state index is -0.0251. The minimum absolute atomic E-state index is 0.0251. The normalized spacial score (nSPS) is 14.4. The molecular formula is C12H11N3OS. The van der Waals surface area contributed by atoms with Crippen molar-refractivity contribution in [2.45, 2.75) is 12.2 Å². The van der Waals surface area contributed by atoms with Gasteiger partial charge in [-0.25, -0.2) is 4.98 Å². The lowest BCUT2D eigenvalue weighted by molar-refractivity contribution is 0.933. The van der Waals surface area contributed by atoms with Gasteiger partial charge in [0.05, 0.1) is 5.69 Å². The summed E-state index contributed by atoms with van der Waals surface area (Å²) in [6.45, 7) is 0. The standard InChI is InChI=1S/C12H11N3OS/c16-12-8-7-17-6-4-9(8)14-11(15-12)10-3-1-2-5-13-10/h1-3,5H,4,6-7H2,(H,14,15,16). The first-order valence-electron chi connectivity index (χ1n) is 5.46. The van der Waals surface area contributed by atoms with E-state index in [-0.39, 0.29) is 5.56 Å². The molecule has 0 saturated carbocycles. The third-order valence-corrected chi connectivity index (χ3v) is 3.72. The Bertz CT molecular complexity index is 594. The second-order valence-electron chi connectivity index (χ2n) is 3.86. The average Bonchev–Trinajstić information content (AvgIpc) is 2.40. The molecule has 0 radical (unpaired) electrons. The zero-order valence-corrected chi connectivity index (χ0v) is 9.96. The Kier molecular flexibility index (Phi) is 2.68. The summed E-state index contributed by atoms with van der Waals surface area (Å²) in [6.07, 6.45) is 2.56. The first kappa shape index (κ1) is 10.5. The SMILES string of the molecule is O=c1[nH]c(-c2ccccn2)nc2c1CSCC2. The Morgan fingerprint density at radius 2 is 2.29 bits per heavy atom. The van der Waals surface area contributed by atoms with Crippen molar-refractivity contribution in [2.24, 2.45) is 0 Å². The number of fused-ring (bicyclic) bond motifs is 1. The summed E-state index contributed by atoms with van der Waals surface area (Å²) < 4.78 is 0. The summed E-state index contributed by atoms with van der Waals surface area (Å²) in [5.74, 6) is 2.37. The summed E-state index contributed by atoms with van der Waals surface area (Å²) >= 11 is 1.78. The van der Waals surface area contributed by atoms with Crippen LogP contribution in [0, 0.1) is 0 Å². The number of pyridine rings is 1. The van der Waals surface area contributed by atoms with Gasteiger partial charge in [-0.1, -0.05) is 6.07 Å². The number of thioether (sulfide) groups is 1. The molecule has 0 amide bonds. The molecule has 5 heteroatoms. The Hall–Kier alpha value is -1.62. The molecule has 0 aromatic carbocycles. The van der Waals surface area contributed by atoms with E-state index in [9.17, 15) is 4.79 Å². The summed E-state index contributed by atoms with van der Waals surface area (Å²) in [4.78, 5) is 23.4. The predicted octanol–water partition coefficient (Wildman–Crippen LogP) is 1.62. The maximum Gasteiger partial charge on any atom is 0.255 e. The fourth-order valence-corrected chi connectivity index (χ4v) is 2.85. The molecule has 17 heavy (non-hydrogen) atoms. The number of nitrogens with one attached hydrogen (secondary N) is 1. The largest absolute Gasteiger partial charge is 0.305 e. The van der Waals surface area contributed by atoms with Crippen LogP contribution in [0.3, 0.4) is 0 Å². The minimum Gasteiger partial charge on any atom is -0.305 e. The van der Waals surface area contributed by atoms with Crippen LogP contribution in [0.5, 0.6) is 0 Å². The second kappa shape index (κ2) is 4.33. The maximum atomic E-state index is 11.9. The molecule has 0 aliphatic carbocycles. The third-order valence-electron chi connectivity index (χ3n) is 2.74. The van der Waals surface area contributed by atoms with E-state index < -0.39 is 0 Å². The monoisotopic (exact) mass is 245 g/mol. The zero-order valence-electron chi connectivity index (χ0n) is 9.14. The van der Waals surface area contributed by atoms with Gasteiger partial charge in [-0.3, -0.25) is 9.78 Å². The molecule has 3 rings (SSSR count). The van der Waals surface area contributed by atoms with E-state index >= 15 is 0 Å². The van der Waals surface area contributed by atoms with E-state index in [0.29, 0.717) is 11.5 Å². The lowest BCUT2D eigenvalue weighted by atomic mass is 10.2. The van der Waals surface area contributed by atoms with Gasteiger partial charge in [0.25, 0.3) is 5.56 Å². The van der Waals surface area contributed by atoms with Crippen molar-refractivity contribution in [3.63, 3.8) is 0 Å². The smallest absolute Gasteiger partial charge is 0.255 e. The highest BCUT2D eigenvalue weighted by Crippen LogP contribution is 2.21. The van der Waals surface area contributed by atoms with Crippen LogP contribution in [-0.4, -0.2) is 20.7 Å². The molecule has 0 bridgehead atoms. The van der Waals surface area contributed by atoms with Crippen LogP contribution in [0.15, 0.2) is 29.2 Å².